The summed E-state index contributed by atoms with van der Waals surface area (Å²) in [6.07, 6.45) is 13.7. The zero-order chi connectivity index (χ0) is 73.4. The molecule has 4 heterocycles. The van der Waals surface area contributed by atoms with Gasteiger partial charge in [-0.25, -0.2) is 14.2 Å². The molecule has 2 aromatic heterocycles. The molecule has 0 bridgehead atoms. The van der Waals surface area contributed by atoms with Crippen molar-refractivity contribution in [3.63, 3.8) is 0 Å². The summed E-state index contributed by atoms with van der Waals surface area (Å²) in [6, 6.07) is 48.0. The number of carbonyl (C=O) groups excluding carboxylic acids is 4. The van der Waals surface area contributed by atoms with Crippen molar-refractivity contribution in [2.75, 3.05) is 18.0 Å². The topological polar surface area (TPSA) is 175 Å². The highest BCUT2D eigenvalue weighted by atomic mass is 16.6. The quantitative estimate of drug-likeness (QED) is 0.0259. The minimum atomic E-state index is -0.663. The summed E-state index contributed by atoms with van der Waals surface area (Å²) in [7, 11) is 0. The fourth-order valence-corrected chi connectivity index (χ4v) is 14.0. The molecule has 2 atom stereocenters. The number of ether oxygens (including phenoxy) is 2. The van der Waals surface area contributed by atoms with Gasteiger partial charge >= 0.3 is 11.9 Å². The molecule has 9 aromatic rings. The molecule has 2 aliphatic heterocycles. The first-order valence-corrected chi connectivity index (χ1v) is 36.9. The van der Waals surface area contributed by atoms with Crippen LogP contribution in [0.5, 0.6) is 0 Å². The predicted octanol–water partition coefficient (Wildman–Crippen LogP) is 17.9. The maximum absolute atomic E-state index is 15.6. The molecule has 2 aliphatic rings. The summed E-state index contributed by atoms with van der Waals surface area (Å²) in [5.74, 6) is 5.64. The van der Waals surface area contributed by atoms with Crippen molar-refractivity contribution < 1.29 is 28.7 Å². The minimum absolute atomic E-state index is 0.0842. The van der Waals surface area contributed by atoms with Crippen LogP contribution in [-0.4, -0.2) is 67.0 Å². The number of unbranched alkanes of at least 4 members (excludes halogenated alkanes) is 7. The van der Waals surface area contributed by atoms with Crippen molar-refractivity contribution in [2.24, 2.45) is 11.8 Å². The van der Waals surface area contributed by atoms with Crippen LogP contribution in [0.4, 0.5) is 17.1 Å². The first kappa shape index (κ1) is 73.8. The number of esters is 2. The average molecular weight is 1380 g/mol. The summed E-state index contributed by atoms with van der Waals surface area (Å²) >= 11 is 0. The molecule has 0 radical (unpaired) electrons. The number of hydrogen-bond acceptors (Lipinski definition) is 11. The Balaban J connectivity index is 0.896. The number of anilines is 3. The van der Waals surface area contributed by atoms with Crippen LogP contribution in [0.15, 0.2) is 188 Å². The Kier molecular flexibility index (Phi) is 22.8. The Hall–Kier alpha value is -10.5. The van der Waals surface area contributed by atoms with Gasteiger partial charge in [0.15, 0.2) is 0 Å². The molecule has 0 N–H and O–H groups in total. The standard InChI is InChI=1S/C88H95N5O10/c1-12-17-20-21-22-23-52-89-79(94)71-53-73-74(54-72(71)80(89)95)82(97)93(81(73)96)70-44-30-60(31-45-70)27-26-59-28-32-63(33-29-59)77-75-76(84(99)90(77)55-57(15-4)24-18-13-2)78(91(83(75)98)56-58(16-5)25-19-14-3)64-36-34-61(35-37-64)62-38-46-67(47-39-62)92(68-48-40-65(41-49-68)85(100)102-87(6,7)8)69-50-42-66(43-51-69)86(101)103-88(9,10)11/h28-51,53-54,57-58H,12-25,52,55-56H2,1-11H3. The summed E-state index contributed by atoms with van der Waals surface area (Å²) in [5.41, 5.74) is 6.86. The van der Waals surface area contributed by atoms with Gasteiger partial charge in [-0.15, -0.1) is 0 Å². The van der Waals surface area contributed by atoms with E-state index in [4.69, 9.17) is 9.47 Å². The Morgan fingerprint density at radius 3 is 1.17 bits per heavy atom. The Morgan fingerprint density at radius 1 is 0.417 bits per heavy atom. The number of amides is 2. The lowest BCUT2D eigenvalue weighted by Gasteiger charge is -2.29. The lowest BCUT2D eigenvalue weighted by Crippen LogP contribution is -2.34. The van der Waals surface area contributed by atoms with E-state index in [2.05, 4.69) is 46.5 Å². The molecule has 15 heteroatoms. The van der Waals surface area contributed by atoms with Gasteiger partial charge in [0.2, 0.25) is 0 Å². The number of aromatic nitrogens is 2. The van der Waals surface area contributed by atoms with Crippen LogP contribution in [-0.2, 0) is 25.6 Å². The second kappa shape index (κ2) is 31.8. The van der Waals surface area contributed by atoms with E-state index in [-0.39, 0.29) is 45.2 Å². The van der Waals surface area contributed by atoms with E-state index in [0.29, 0.717) is 76.5 Å². The summed E-state index contributed by atoms with van der Waals surface area (Å²) < 4.78 is 13.6. The summed E-state index contributed by atoms with van der Waals surface area (Å²) in [6.45, 7) is 23.0. The van der Waals surface area contributed by atoms with Gasteiger partial charge in [0.05, 0.1) is 60.9 Å². The average Bonchev–Trinajstić information content (AvgIpc) is 1.56. The van der Waals surface area contributed by atoms with Gasteiger partial charge in [-0.2, -0.15) is 0 Å². The van der Waals surface area contributed by atoms with E-state index in [9.17, 15) is 28.8 Å². The largest absolute Gasteiger partial charge is 0.456 e. The molecular formula is C88H95N5O10. The number of nitrogens with zero attached hydrogens (tertiary/aromatic N) is 5. The highest BCUT2D eigenvalue weighted by Gasteiger charge is 2.49. The van der Waals surface area contributed by atoms with Crippen LogP contribution in [0, 0.1) is 23.7 Å². The van der Waals surface area contributed by atoms with Crippen molar-refractivity contribution >= 4 is 73.8 Å². The summed E-state index contributed by atoms with van der Waals surface area (Å²) in [5, 5.41) is 0.449. The Labute approximate surface area is 604 Å². The van der Waals surface area contributed by atoms with Crippen LogP contribution in [0.1, 0.15) is 209 Å². The minimum Gasteiger partial charge on any atom is -0.456 e. The van der Waals surface area contributed by atoms with Crippen molar-refractivity contribution in [2.45, 2.75) is 184 Å². The maximum atomic E-state index is 15.6. The molecule has 0 spiro atoms. The van der Waals surface area contributed by atoms with Gasteiger partial charge in [-0.05, 0) is 204 Å². The second-order valence-corrected chi connectivity index (χ2v) is 29.5. The number of benzene rings is 7. The number of fused-ring (bicyclic) bond motifs is 3. The van der Waals surface area contributed by atoms with Crippen molar-refractivity contribution in [1.29, 1.82) is 0 Å². The van der Waals surface area contributed by atoms with Crippen LogP contribution >= 0.6 is 0 Å². The molecule has 2 unspecified atom stereocenters. The van der Waals surface area contributed by atoms with Crippen molar-refractivity contribution in [3.8, 4) is 28.7 Å². The van der Waals surface area contributed by atoms with Gasteiger partial charge < -0.3 is 24.2 Å². The highest BCUT2D eigenvalue weighted by molar-refractivity contribution is 6.30. The molecule has 103 heavy (non-hydrogen) atoms. The SMILES string of the molecule is CCCCCCCCn1c(=O)c2cc3c(=O)n(-c4ccc(C#Cc5ccc(C6=C7C(=O)N(CC(CC)CCCC)C(c8ccc(-c9ccc(N(c%10ccc(C(=O)OC(C)(C)C)cc%10)c%10ccc(C(=O)OC(C)(C)C)cc%10)cc9)cc8)=C7C(=O)N6CC(CC)CCCC)cc5)cc4)c(=O)c3cc2c1=O. The molecular weight excluding hydrogens is 1290 g/mol. The van der Waals surface area contributed by atoms with E-state index >= 15 is 9.59 Å². The Morgan fingerprint density at radius 2 is 0.767 bits per heavy atom. The maximum Gasteiger partial charge on any atom is 0.338 e. The van der Waals surface area contributed by atoms with E-state index in [1.807, 2.05) is 153 Å². The zero-order valence-corrected chi connectivity index (χ0v) is 61.5. The van der Waals surface area contributed by atoms with Gasteiger partial charge in [-0.1, -0.05) is 166 Å². The first-order valence-electron chi connectivity index (χ1n) is 36.9. The second-order valence-electron chi connectivity index (χ2n) is 29.5. The predicted molar refractivity (Wildman–Crippen MR) is 413 cm³/mol. The van der Waals surface area contributed by atoms with E-state index in [0.717, 1.165) is 127 Å². The lowest BCUT2D eigenvalue weighted by atomic mass is 9.97. The fourth-order valence-electron chi connectivity index (χ4n) is 14.0. The Bertz CT molecular complexity index is 4820. The number of hydrogen-bond donors (Lipinski definition) is 0. The van der Waals surface area contributed by atoms with Crippen LogP contribution in [0.25, 0.3) is 49.8 Å². The van der Waals surface area contributed by atoms with Crippen LogP contribution in [0.2, 0.25) is 0 Å². The summed E-state index contributed by atoms with van der Waals surface area (Å²) in [4.78, 5) is 118. The number of rotatable bonds is 28. The van der Waals surface area contributed by atoms with E-state index in [1.54, 1.807) is 48.5 Å². The normalized spacial score (nSPS) is 13.9. The van der Waals surface area contributed by atoms with Crippen molar-refractivity contribution in [1.82, 2.24) is 18.9 Å². The lowest BCUT2D eigenvalue weighted by molar-refractivity contribution is -0.124. The van der Waals surface area contributed by atoms with Crippen LogP contribution < -0.4 is 27.1 Å². The van der Waals surface area contributed by atoms with Gasteiger partial charge in [0, 0.05) is 47.8 Å². The molecule has 11 rings (SSSR count). The monoisotopic (exact) mass is 1380 g/mol. The smallest absolute Gasteiger partial charge is 0.338 e. The first-order chi connectivity index (χ1) is 49.4. The highest BCUT2D eigenvalue weighted by Crippen LogP contribution is 2.48. The van der Waals surface area contributed by atoms with Crippen molar-refractivity contribution in [3.05, 3.63) is 244 Å². The third kappa shape index (κ3) is 16.2. The zero-order valence-electron chi connectivity index (χ0n) is 61.5. The van der Waals surface area contributed by atoms with Crippen LogP contribution in [0.3, 0.4) is 0 Å². The molecule has 0 saturated carbocycles. The third-order valence-corrected chi connectivity index (χ3v) is 19.6. The molecule has 0 aliphatic carbocycles. The van der Waals surface area contributed by atoms with Gasteiger partial charge in [-0.3, -0.25) is 33.3 Å². The molecule has 15 nitrogen and oxygen atoms in total. The number of carbonyl (C=O) groups is 4. The molecule has 2 amide bonds. The van der Waals surface area contributed by atoms with Gasteiger partial charge in [0.25, 0.3) is 34.1 Å². The van der Waals surface area contributed by atoms with E-state index < -0.39 is 45.4 Å². The third-order valence-electron chi connectivity index (χ3n) is 19.6. The molecule has 0 fully saturated rings. The molecule has 7 aromatic carbocycles. The van der Waals surface area contributed by atoms with Gasteiger partial charge in [0.1, 0.15) is 11.2 Å². The van der Waals surface area contributed by atoms with E-state index in [1.165, 1.54) is 16.7 Å². The molecule has 0 saturated heterocycles. The molecule has 532 valence electrons. The fraction of sp³-hybridized carbons (Fsp3) is 0.364.